The van der Waals surface area contributed by atoms with Gasteiger partial charge in [-0.1, -0.05) is 20.8 Å². The lowest BCUT2D eigenvalue weighted by atomic mass is 9.88. The van der Waals surface area contributed by atoms with Crippen LogP contribution in [-0.4, -0.2) is 27.0 Å². The Balaban J connectivity index is 1.83. The van der Waals surface area contributed by atoms with Crippen molar-refractivity contribution in [3.05, 3.63) is 6.42 Å². The first-order valence-corrected chi connectivity index (χ1v) is 10.7. The first-order chi connectivity index (χ1) is 9.10. The predicted molar refractivity (Wildman–Crippen MR) is 82.7 cm³/mol. The van der Waals surface area contributed by atoms with Gasteiger partial charge in [0, 0.05) is 20.0 Å². The Morgan fingerprint density at radius 2 is 1.95 bits per heavy atom. The number of carbonyl (C=O) groups is 1. The van der Waals surface area contributed by atoms with Gasteiger partial charge in [0.05, 0.1) is 0 Å². The number of carbonyl (C=O) groups excluding carboxylic acids is 1. The first-order valence-electron chi connectivity index (χ1n) is 7.76. The summed E-state index contributed by atoms with van der Waals surface area (Å²) in [6, 6.07) is 0. The lowest BCUT2D eigenvalue weighted by Gasteiger charge is -2.38. The van der Waals surface area contributed by atoms with E-state index in [1.54, 1.807) is 0 Å². The maximum absolute atomic E-state index is 11.1. The van der Waals surface area contributed by atoms with Crippen LogP contribution in [0.5, 0.6) is 0 Å². The van der Waals surface area contributed by atoms with Crippen molar-refractivity contribution in [2.24, 2.45) is 17.8 Å². The van der Waals surface area contributed by atoms with E-state index in [9.17, 15) is 4.79 Å². The van der Waals surface area contributed by atoms with E-state index in [4.69, 9.17) is 9.16 Å². The molecule has 0 saturated heterocycles. The number of ether oxygens (including phenoxy) is 1. The Bertz CT molecular complexity index is 372. The zero-order valence-electron chi connectivity index (χ0n) is 13.7. The molecule has 2 bridgehead atoms. The van der Waals surface area contributed by atoms with Gasteiger partial charge in [-0.2, -0.15) is 0 Å². The molecule has 0 aromatic heterocycles. The fourth-order valence-electron chi connectivity index (χ4n) is 3.16. The van der Waals surface area contributed by atoms with Crippen LogP contribution in [0.25, 0.3) is 0 Å². The van der Waals surface area contributed by atoms with Crippen LogP contribution in [0.3, 0.4) is 0 Å². The average molecular weight is 297 g/mol. The predicted octanol–water partition coefficient (Wildman–Crippen LogP) is 3.80. The summed E-state index contributed by atoms with van der Waals surface area (Å²) in [4.78, 5) is 11.1. The van der Waals surface area contributed by atoms with Gasteiger partial charge in [-0.3, -0.25) is 4.79 Å². The van der Waals surface area contributed by atoms with Crippen molar-refractivity contribution in [2.45, 2.75) is 64.8 Å². The zero-order chi connectivity index (χ0) is 15.1. The topological polar surface area (TPSA) is 35.5 Å². The van der Waals surface area contributed by atoms with Gasteiger partial charge in [-0.25, -0.2) is 0 Å². The van der Waals surface area contributed by atoms with E-state index in [0.717, 1.165) is 13.0 Å². The molecule has 4 heteroatoms. The average Bonchev–Trinajstić information content (AvgIpc) is 2.83. The minimum Gasteiger partial charge on any atom is -0.462 e. The Labute approximate surface area is 124 Å². The number of hydrogen-bond acceptors (Lipinski definition) is 3. The quantitative estimate of drug-likeness (QED) is 0.585. The van der Waals surface area contributed by atoms with Crippen LogP contribution in [-0.2, 0) is 14.0 Å². The van der Waals surface area contributed by atoms with E-state index in [2.05, 4.69) is 40.3 Å². The van der Waals surface area contributed by atoms with Crippen LogP contribution >= 0.6 is 0 Å². The van der Waals surface area contributed by atoms with Crippen LogP contribution in [0.4, 0.5) is 0 Å². The SMILES string of the molecule is CC(=O)O[C@@H]1[CH][C@@H]2C[C@H]1C[C@@H]2CO[Si](C)(C)C(C)(C)C. The van der Waals surface area contributed by atoms with Crippen molar-refractivity contribution in [1.29, 1.82) is 0 Å². The molecule has 0 spiro atoms. The summed E-state index contributed by atoms with van der Waals surface area (Å²) in [5.41, 5.74) is 0. The molecular formula is C16H29O3Si. The van der Waals surface area contributed by atoms with Crippen molar-refractivity contribution >= 4 is 14.3 Å². The third kappa shape index (κ3) is 3.27. The van der Waals surface area contributed by atoms with Gasteiger partial charge in [0.15, 0.2) is 8.32 Å². The van der Waals surface area contributed by atoms with Crippen LogP contribution in [0.1, 0.15) is 40.5 Å². The van der Waals surface area contributed by atoms with Gasteiger partial charge < -0.3 is 9.16 Å². The maximum Gasteiger partial charge on any atom is 0.302 e. The molecule has 3 nitrogen and oxygen atoms in total. The monoisotopic (exact) mass is 297 g/mol. The third-order valence-corrected chi connectivity index (χ3v) is 9.95. The van der Waals surface area contributed by atoms with Gasteiger partial charge in [-0.05, 0) is 48.7 Å². The molecular weight excluding hydrogens is 268 g/mol. The molecule has 115 valence electrons. The van der Waals surface area contributed by atoms with Crippen molar-refractivity contribution in [3.8, 4) is 0 Å². The zero-order valence-corrected chi connectivity index (χ0v) is 14.7. The van der Waals surface area contributed by atoms with Crippen LogP contribution in [0.15, 0.2) is 0 Å². The summed E-state index contributed by atoms with van der Waals surface area (Å²) in [6.07, 6.45) is 4.62. The first kappa shape index (κ1) is 16.0. The van der Waals surface area contributed by atoms with E-state index in [-0.39, 0.29) is 17.1 Å². The number of fused-ring (bicyclic) bond motifs is 2. The lowest BCUT2D eigenvalue weighted by Crippen LogP contribution is -2.42. The van der Waals surface area contributed by atoms with Gasteiger partial charge in [0.25, 0.3) is 0 Å². The third-order valence-electron chi connectivity index (χ3n) is 5.45. The van der Waals surface area contributed by atoms with Crippen molar-refractivity contribution in [1.82, 2.24) is 0 Å². The Morgan fingerprint density at radius 3 is 2.40 bits per heavy atom. The summed E-state index contributed by atoms with van der Waals surface area (Å²) in [5.74, 6) is 1.57. The smallest absolute Gasteiger partial charge is 0.302 e. The van der Waals surface area contributed by atoms with Gasteiger partial charge >= 0.3 is 5.97 Å². The van der Waals surface area contributed by atoms with Crippen LogP contribution in [0, 0.1) is 24.2 Å². The van der Waals surface area contributed by atoms with E-state index in [1.165, 1.54) is 13.3 Å². The summed E-state index contributed by atoms with van der Waals surface area (Å²) in [6.45, 7) is 13.8. The highest BCUT2D eigenvalue weighted by Crippen LogP contribution is 2.49. The highest BCUT2D eigenvalue weighted by molar-refractivity contribution is 6.74. The normalized spacial score (nSPS) is 33.5. The largest absolute Gasteiger partial charge is 0.462 e. The molecule has 2 aliphatic carbocycles. The molecule has 0 unspecified atom stereocenters. The molecule has 0 N–H and O–H groups in total. The lowest BCUT2D eigenvalue weighted by molar-refractivity contribution is -0.146. The minimum absolute atomic E-state index is 0.0571. The number of esters is 1. The van der Waals surface area contributed by atoms with Crippen LogP contribution in [0.2, 0.25) is 18.1 Å². The minimum atomic E-state index is -1.64. The summed E-state index contributed by atoms with van der Waals surface area (Å²) < 4.78 is 11.7. The second-order valence-corrected chi connectivity index (χ2v) is 12.8. The second kappa shape index (κ2) is 5.45. The summed E-state index contributed by atoms with van der Waals surface area (Å²) in [7, 11) is -1.64. The molecule has 4 atom stereocenters. The molecule has 0 aromatic carbocycles. The molecule has 0 heterocycles. The summed E-state index contributed by atoms with van der Waals surface area (Å²) >= 11 is 0. The highest BCUT2D eigenvalue weighted by atomic mass is 28.4. The Kier molecular flexibility index (Phi) is 4.37. The van der Waals surface area contributed by atoms with Crippen molar-refractivity contribution < 1.29 is 14.0 Å². The number of rotatable bonds is 4. The second-order valence-electron chi connectivity index (χ2n) is 7.99. The van der Waals surface area contributed by atoms with Crippen LogP contribution < -0.4 is 0 Å². The highest BCUT2D eigenvalue weighted by Gasteiger charge is 2.48. The molecule has 0 aromatic rings. The molecule has 2 aliphatic rings. The standard InChI is InChI=1S/C16H29O3Si/c1-11(17)19-15-9-12-7-13(15)8-14(12)10-18-20(5,6)16(2,3)4/h9,12-15H,7-8,10H2,1-6H3/t12-,13-,14+,15+/m0/s1. The Hall–Kier alpha value is -0.353. The molecule has 1 radical (unpaired) electrons. The Morgan fingerprint density at radius 1 is 1.30 bits per heavy atom. The van der Waals surface area contributed by atoms with Crippen molar-refractivity contribution in [3.63, 3.8) is 0 Å². The molecule has 0 amide bonds. The molecule has 2 saturated carbocycles. The van der Waals surface area contributed by atoms with E-state index in [1.807, 2.05) is 0 Å². The molecule has 20 heavy (non-hydrogen) atoms. The van der Waals surface area contributed by atoms with Gasteiger partial charge in [-0.15, -0.1) is 0 Å². The van der Waals surface area contributed by atoms with Gasteiger partial charge in [0.2, 0.25) is 0 Å². The van der Waals surface area contributed by atoms with Crippen molar-refractivity contribution in [2.75, 3.05) is 6.61 Å². The maximum atomic E-state index is 11.1. The number of hydrogen-bond donors (Lipinski definition) is 0. The van der Waals surface area contributed by atoms with E-state index in [0.29, 0.717) is 17.8 Å². The molecule has 0 aliphatic heterocycles. The van der Waals surface area contributed by atoms with Gasteiger partial charge in [0.1, 0.15) is 6.10 Å². The fourth-order valence-corrected chi connectivity index (χ4v) is 4.22. The molecule has 2 fully saturated rings. The van der Waals surface area contributed by atoms with E-state index >= 15 is 0 Å². The van der Waals surface area contributed by atoms with E-state index < -0.39 is 8.32 Å². The summed E-state index contributed by atoms with van der Waals surface area (Å²) in [5, 5.41) is 0.272. The molecule has 2 rings (SSSR count). The fraction of sp³-hybridized carbons (Fsp3) is 0.875.